The summed E-state index contributed by atoms with van der Waals surface area (Å²) in [5.41, 5.74) is -0.302. The van der Waals surface area contributed by atoms with Gasteiger partial charge in [-0.05, 0) is 26.9 Å². The predicted molar refractivity (Wildman–Crippen MR) is 40.0 cm³/mol. The fourth-order valence-corrected chi connectivity index (χ4v) is 0.891. The number of hydrogen-bond donors (Lipinski definition) is 1. The van der Waals surface area contributed by atoms with Gasteiger partial charge in [-0.25, -0.2) is 0 Å². The predicted octanol–water partition coefficient (Wildman–Crippen LogP) is 0.495. The lowest BCUT2D eigenvalue weighted by molar-refractivity contribution is 0.114. The zero-order valence-electron chi connectivity index (χ0n) is 5.92. The van der Waals surface area contributed by atoms with Gasteiger partial charge < -0.3 is 10.0 Å². The minimum atomic E-state index is -0.302. The first-order valence-corrected chi connectivity index (χ1v) is 2.99. The summed E-state index contributed by atoms with van der Waals surface area (Å²) in [6.07, 6.45) is 1.98. The van der Waals surface area contributed by atoms with Crippen molar-refractivity contribution in [3.63, 3.8) is 0 Å². The van der Waals surface area contributed by atoms with Crippen molar-refractivity contribution in [3.8, 4) is 0 Å². The average Bonchev–Trinajstić information content (AvgIpc) is 2.17. The standard InChI is InChI=1S/C6H13NO.ClH/c1-7(2)5-6(8)3-4-6;/h8H,3-5H2,1-2H3;1H. The molecular weight excluding hydrogens is 138 g/mol. The molecule has 0 atom stereocenters. The Morgan fingerprint density at radius 2 is 1.89 bits per heavy atom. The summed E-state index contributed by atoms with van der Waals surface area (Å²) in [4.78, 5) is 2.02. The van der Waals surface area contributed by atoms with E-state index in [9.17, 15) is 5.11 Å². The molecule has 1 aliphatic carbocycles. The maximum absolute atomic E-state index is 9.26. The molecule has 0 spiro atoms. The van der Waals surface area contributed by atoms with Gasteiger partial charge in [0.1, 0.15) is 0 Å². The van der Waals surface area contributed by atoms with Crippen LogP contribution in [0.1, 0.15) is 12.8 Å². The van der Waals surface area contributed by atoms with Crippen LogP contribution in [0.3, 0.4) is 0 Å². The normalized spacial score (nSPS) is 21.3. The topological polar surface area (TPSA) is 23.5 Å². The molecule has 2 nitrogen and oxygen atoms in total. The third kappa shape index (κ3) is 3.04. The Bertz CT molecular complexity index is 91.1. The van der Waals surface area contributed by atoms with E-state index in [0.29, 0.717) is 0 Å². The molecule has 0 saturated heterocycles. The Morgan fingerprint density at radius 3 is 2.00 bits per heavy atom. The molecule has 0 unspecified atom stereocenters. The zero-order valence-corrected chi connectivity index (χ0v) is 6.74. The summed E-state index contributed by atoms with van der Waals surface area (Å²) in [5.74, 6) is 0. The molecule has 0 radical (unpaired) electrons. The lowest BCUT2D eigenvalue weighted by atomic mass is 10.3. The monoisotopic (exact) mass is 151 g/mol. The molecule has 1 fully saturated rings. The van der Waals surface area contributed by atoms with Crippen LogP contribution in [0.4, 0.5) is 0 Å². The highest BCUT2D eigenvalue weighted by Crippen LogP contribution is 2.34. The van der Waals surface area contributed by atoms with E-state index in [4.69, 9.17) is 0 Å². The molecule has 9 heavy (non-hydrogen) atoms. The number of nitrogens with zero attached hydrogens (tertiary/aromatic N) is 1. The average molecular weight is 152 g/mol. The van der Waals surface area contributed by atoms with Crippen molar-refractivity contribution < 1.29 is 5.11 Å². The molecule has 1 aliphatic rings. The molecule has 0 heterocycles. The van der Waals surface area contributed by atoms with Crippen LogP contribution < -0.4 is 0 Å². The lowest BCUT2D eigenvalue weighted by Gasteiger charge is -2.13. The highest BCUT2D eigenvalue weighted by molar-refractivity contribution is 5.85. The van der Waals surface area contributed by atoms with Crippen LogP contribution in [0, 0.1) is 0 Å². The second-order valence-electron chi connectivity index (χ2n) is 2.96. The Morgan fingerprint density at radius 1 is 1.44 bits per heavy atom. The van der Waals surface area contributed by atoms with Gasteiger partial charge in [0.2, 0.25) is 0 Å². The molecular formula is C6H14ClNO. The Balaban J connectivity index is 0.000000640. The van der Waals surface area contributed by atoms with Gasteiger partial charge in [0, 0.05) is 6.54 Å². The van der Waals surface area contributed by atoms with Gasteiger partial charge in [-0.1, -0.05) is 0 Å². The molecule has 56 valence electrons. The number of halogens is 1. The van der Waals surface area contributed by atoms with Crippen LogP contribution in [0.2, 0.25) is 0 Å². The lowest BCUT2D eigenvalue weighted by Crippen LogP contribution is -2.26. The highest BCUT2D eigenvalue weighted by atomic mass is 35.5. The summed E-state index contributed by atoms with van der Waals surface area (Å²) in [5, 5.41) is 9.26. The van der Waals surface area contributed by atoms with Crippen LogP contribution in [-0.2, 0) is 0 Å². The first-order valence-electron chi connectivity index (χ1n) is 2.99. The van der Waals surface area contributed by atoms with Gasteiger partial charge in [0.25, 0.3) is 0 Å². The van der Waals surface area contributed by atoms with Gasteiger partial charge in [0.15, 0.2) is 0 Å². The zero-order chi connectivity index (χ0) is 6.20. The van der Waals surface area contributed by atoms with Crippen LogP contribution in [0.15, 0.2) is 0 Å². The molecule has 3 heteroatoms. The van der Waals surface area contributed by atoms with E-state index < -0.39 is 0 Å². The molecule has 1 N–H and O–H groups in total. The van der Waals surface area contributed by atoms with Gasteiger partial charge in [-0.3, -0.25) is 0 Å². The maximum atomic E-state index is 9.26. The smallest absolute Gasteiger partial charge is 0.0776 e. The first-order chi connectivity index (χ1) is 3.62. The van der Waals surface area contributed by atoms with Crippen molar-refractivity contribution >= 4 is 12.4 Å². The Kier molecular flexibility index (Phi) is 2.93. The van der Waals surface area contributed by atoms with Crippen LogP contribution in [0.25, 0.3) is 0 Å². The minimum absolute atomic E-state index is 0. The number of rotatable bonds is 2. The van der Waals surface area contributed by atoms with E-state index in [-0.39, 0.29) is 18.0 Å². The number of likely N-dealkylation sites (N-methyl/N-ethyl adjacent to an activating group) is 1. The van der Waals surface area contributed by atoms with E-state index in [2.05, 4.69) is 0 Å². The third-order valence-electron chi connectivity index (χ3n) is 1.44. The maximum Gasteiger partial charge on any atom is 0.0776 e. The molecule has 0 aromatic rings. The van der Waals surface area contributed by atoms with Gasteiger partial charge in [-0.15, -0.1) is 12.4 Å². The summed E-state index contributed by atoms with van der Waals surface area (Å²) < 4.78 is 0. The van der Waals surface area contributed by atoms with Crippen molar-refractivity contribution in [2.45, 2.75) is 18.4 Å². The fraction of sp³-hybridized carbons (Fsp3) is 1.00. The van der Waals surface area contributed by atoms with Gasteiger partial charge in [0.05, 0.1) is 5.60 Å². The number of hydrogen-bond acceptors (Lipinski definition) is 2. The van der Waals surface area contributed by atoms with Crippen LogP contribution >= 0.6 is 12.4 Å². The number of aliphatic hydroxyl groups is 1. The van der Waals surface area contributed by atoms with E-state index in [1.165, 1.54) is 0 Å². The van der Waals surface area contributed by atoms with E-state index >= 15 is 0 Å². The van der Waals surface area contributed by atoms with Crippen LogP contribution in [0.5, 0.6) is 0 Å². The molecule has 0 aliphatic heterocycles. The van der Waals surface area contributed by atoms with Crippen molar-refractivity contribution in [2.24, 2.45) is 0 Å². The second kappa shape index (κ2) is 2.86. The largest absolute Gasteiger partial charge is 0.389 e. The fourth-order valence-electron chi connectivity index (χ4n) is 0.891. The summed E-state index contributed by atoms with van der Waals surface area (Å²) >= 11 is 0. The molecule has 0 amide bonds. The third-order valence-corrected chi connectivity index (χ3v) is 1.44. The molecule has 0 aromatic carbocycles. The Hall–Kier alpha value is 0.210. The molecule has 0 bridgehead atoms. The summed E-state index contributed by atoms with van der Waals surface area (Å²) in [6.45, 7) is 0.826. The summed E-state index contributed by atoms with van der Waals surface area (Å²) in [7, 11) is 3.96. The van der Waals surface area contributed by atoms with Gasteiger partial charge >= 0.3 is 0 Å². The van der Waals surface area contributed by atoms with Crippen LogP contribution in [-0.4, -0.2) is 36.2 Å². The Labute approximate surface area is 62.3 Å². The van der Waals surface area contributed by atoms with E-state index in [1.807, 2.05) is 19.0 Å². The van der Waals surface area contributed by atoms with Crippen molar-refractivity contribution in [2.75, 3.05) is 20.6 Å². The molecule has 1 rings (SSSR count). The first kappa shape index (κ1) is 9.21. The minimum Gasteiger partial charge on any atom is -0.389 e. The van der Waals surface area contributed by atoms with Crippen molar-refractivity contribution in [1.29, 1.82) is 0 Å². The SMILES string of the molecule is CN(C)CC1(O)CC1.Cl. The van der Waals surface area contributed by atoms with Gasteiger partial charge in [-0.2, -0.15) is 0 Å². The van der Waals surface area contributed by atoms with Crippen molar-refractivity contribution in [3.05, 3.63) is 0 Å². The second-order valence-corrected chi connectivity index (χ2v) is 2.96. The van der Waals surface area contributed by atoms with E-state index in [0.717, 1.165) is 19.4 Å². The molecule has 0 aromatic heterocycles. The summed E-state index contributed by atoms with van der Waals surface area (Å²) in [6, 6.07) is 0. The quantitative estimate of drug-likeness (QED) is 0.621. The van der Waals surface area contributed by atoms with E-state index in [1.54, 1.807) is 0 Å². The highest BCUT2D eigenvalue weighted by Gasteiger charge is 2.40. The molecule has 1 saturated carbocycles. The van der Waals surface area contributed by atoms with Crippen molar-refractivity contribution in [1.82, 2.24) is 4.90 Å².